The Morgan fingerprint density at radius 1 is 1.19 bits per heavy atom. The molecule has 2 aromatic rings. The number of benzene rings is 2. The van der Waals surface area contributed by atoms with Crippen molar-refractivity contribution in [1.29, 1.82) is 0 Å². The molecule has 0 unspecified atom stereocenters. The zero-order valence-corrected chi connectivity index (χ0v) is 16.0. The lowest BCUT2D eigenvalue weighted by molar-refractivity contribution is -0.138. The molecule has 2 aromatic carbocycles. The van der Waals surface area contributed by atoms with Crippen LogP contribution in [-0.4, -0.2) is 35.6 Å². The Morgan fingerprint density at radius 2 is 1.85 bits per heavy atom. The van der Waals surface area contributed by atoms with Crippen molar-refractivity contribution in [3.8, 4) is 5.75 Å². The first-order valence-corrected chi connectivity index (χ1v) is 9.61. The van der Waals surface area contributed by atoms with Gasteiger partial charge in [0.25, 0.3) is 0 Å². The summed E-state index contributed by atoms with van der Waals surface area (Å²) in [6.07, 6.45) is 0. The summed E-state index contributed by atoms with van der Waals surface area (Å²) < 4.78 is 18.2. The number of nitrogens with zero attached hydrogens (tertiary/aromatic N) is 1. The van der Waals surface area contributed by atoms with Crippen LogP contribution in [0, 0.1) is 5.82 Å². The number of halogens is 1. The van der Waals surface area contributed by atoms with E-state index >= 15 is 0 Å². The third-order valence-corrected chi connectivity index (χ3v) is 5.77. The van der Waals surface area contributed by atoms with Crippen LogP contribution in [0.2, 0.25) is 0 Å². The van der Waals surface area contributed by atoms with Gasteiger partial charge in [-0.15, -0.1) is 11.8 Å². The zero-order chi connectivity index (χ0) is 19.4. The first-order valence-electron chi connectivity index (χ1n) is 8.56. The molecule has 0 aliphatic carbocycles. The van der Waals surface area contributed by atoms with Gasteiger partial charge in [-0.05, 0) is 35.4 Å². The van der Waals surface area contributed by atoms with Gasteiger partial charge in [0.1, 0.15) is 23.0 Å². The molecule has 142 valence electrons. The largest absolute Gasteiger partial charge is 0.497 e. The number of carbonyl (C=O) groups is 2. The third-order valence-electron chi connectivity index (χ3n) is 4.45. The zero-order valence-electron chi connectivity index (χ0n) is 15.1. The van der Waals surface area contributed by atoms with Crippen LogP contribution in [-0.2, 0) is 16.1 Å². The third kappa shape index (κ3) is 4.42. The van der Waals surface area contributed by atoms with Crippen LogP contribution >= 0.6 is 11.8 Å². The molecule has 1 heterocycles. The number of hydrogen-bond donors (Lipinski definition) is 1. The molecular formula is C20H21FN2O3S. The number of methoxy groups -OCH3 is 1. The minimum absolute atomic E-state index is 0.150. The van der Waals surface area contributed by atoms with E-state index in [1.54, 1.807) is 35.9 Å². The van der Waals surface area contributed by atoms with Crippen molar-refractivity contribution >= 4 is 23.6 Å². The highest BCUT2D eigenvalue weighted by Gasteiger charge is 2.40. The number of hydrogen-bond acceptors (Lipinski definition) is 4. The van der Waals surface area contributed by atoms with Crippen molar-refractivity contribution in [2.45, 2.75) is 24.9 Å². The molecule has 2 amide bonds. The van der Waals surface area contributed by atoms with Crippen LogP contribution in [0.1, 0.15) is 23.4 Å². The summed E-state index contributed by atoms with van der Waals surface area (Å²) >= 11 is 1.56. The average Bonchev–Trinajstić information content (AvgIpc) is 3.13. The van der Waals surface area contributed by atoms with Gasteiger partial charge in [-0.3, -0.25) is 9.59 Å². The van der Waals surface area contributed by atoms with Crippen LogP contribution in [0.3, 0.4) is 0 Å². The summed E-state index contributed by atoms with van der Waals surface area (Å²) in [7, 11) is 1.60. The highest BCUT2D eigenvalue weighted by Crippen LogP contribution is 2.41. The number of ether oxygens (including phenoxy) is 1. The highest BCUT2D eigenvalue weighted by atomic mass is 32.2. The average molecular weight is 388 g/mol. The summed E-state index contributed by atoms with van der Waals surface area (Å²) in [5, 5.41) is 2.63. The Bertz CT molecular complexity index is 811. The molecule has 1 saturated heterocycles. The lowest BCUT2D eigenvalue weighted by atomic mass is 10.1. The molecule has 0 aromatic heterocycles. The molecule has 1 N–H and O–H groups in total. The normalized spacial score (nSPS) is 19.0. The van der Waals surface area contributed by atoms with E-state index in [9.17, 15) is 14.0 Å². The van der Waals surface area contributed by atoms with Gasteiger partial charge in [-0.25, -0.2) is 4.39 Å². The molecule has 5 nitrogen and oxygen atoms in total. The first kappa shape index (κ1) is 19.2. The fourth-order valence-electron chi connectivity index (χ4n) is 3.03. The molecule has 27 heavy (non-hydrogen) atoms. The van der Waals surface area contributed by atoms with Gasteiger partial charge in [0.05, 0.1) is 7.11 Å². The van der Waals surface area contributed by atoms with Crippen molar-refractivity contribution in [2.75, 3.05) is 12.9 Å². The Hall–Kier alpha value is -2.54. The molecule has 1 fully saturated rings. The Balaban J connectivity index is 1.69. The van der Waals surface area contributed by atoms with Gasteiger partial charge in [-0.2, -0.15) is 0 Å². The minimum atomic E-state index is -0.542. The van der Waals surface area contributed by atoms with Gasteiger partial charge in [0.15, 0.2) is 0 Å². The van der Waals surface area contributed by atoms with Crippen LogP contribution < -0.4 is 10.1 Å². The number of rotatable bonds is 5. The van der Waals surface area contributed by atoms with E-state index < -0.39 is 6.04 Å². The van der Waals surface area contributed by atoms with Gasteiger partial charge < -0.3 is 15.0 Å². The number of carbonyl (C=O) groups excluding carboxylic acids is 2. The first-order chi connectivity index (χ1) is 13.0. The number of thioether (sulfide) groups is 1. The van der Waals surface area contributed by atoms with Crippen LogP contribution in [0.25, 0.3) is 0 Å². The van der Waals surface area contributed by atoms with Gasteiger partial charge in [0.2, 0.25) is 11.8 Å². The van der Waals surface area contributed by atoms with Crippen molar-refractivity contribution in [1.82, 2.24) is 10.2 Å². The fourth-order valence-corrected chi connectivity index (χ4v) is 4.51. The lowest BCUT2D eigenvalue weighted by Gasteiger charge is -2.28. The monoisotopic (exact) mass is 388 g/mol. The molecule has 2 atom stereocenters. The Morgan fingerprint density at radius 3 is 2.44 bits per heavy atom. The second kappa shape index (κ2) is 8.43. The minimum Gasteiger partial charge on any atom is -0.497 e. The summed E-state index contributed by atoms with van der Waals surface area (Å²) in [4.78, 5) is 26.5. The molecule has 0 bridgehead atoms. The van der Waals surface area contributed by atoms with E-state index in [0.717, 1.165) is 16.9 Å². The van der Waals surface area contributed by atoms with Gasteiger partial charge in [0, 0.05) is 19.2 Å². The van der Waals surface area contributed by atoms with E-state index in [-0.39, 0.29) is 23.0 Å². The molecule has 0 radical (unpaired) electrons. The van der Waals surface area contributed by atoms with Crippen molar-refractivity contribution in [2.24, 2.45) is 0 Å². The van der Waals surface area contributed by atoms with E-state index in [1.807, 2.05) is 24.3 Å². The predicted molar refractivity (Wildman–Crippen MR) is 103 cm³/mol. The van der Waals surface area contributed by atoms with E-state index in [1.165, 1.54) is 19.1 Å². The van der Waals surface area contributed by atoms with E-state index in [2.05, 4.69) is 5.32 Å². The van der Waals surface area contributed by atoms with Crippen molar-refractivity contribution < 1.29 is 18.7 Å². The molecule has 7 heteroatoms. The maximum absolute atomic E-state index is 13.0. The molecule has 1 aliphatic heterocycles. The standard InChI is InChI=1S/C20H21FN2O3S/c1-13(24)23-18(19(25)22-11-14-3-7-16(21)8-4-14)12-27-20(23)15-5-9-17(26-2)10-6-15/h3-10,18,20H,11-12H2,1-2H3,(H,22,25)/t18-,20-/m0/s1. The summed E-state index contributed by atoms with van der Waals surface area (Å²) in [6.45, 7) is 1.77. The molecule has 0 spiro atoms. The van der Waals surface area contributed by atoms with Crippen LogP contribution in [0.5, 0.6) is 5.75 Å². The Labute approximate surface area is 161 Å². The fraction of sp³-hybridized carbons (Fsp3) is 0.300. The molecular weight excluding hydrogens is 367 g/mol. The lowest BCUT2D eigenvalue weighted by Crippen LogP contribution is -2.47. The molecule has 1 aliphatic rings. The highest BCUT2D eigenvalue weighted by molar-refractivity contribution is 7.99. The maximum Gasteiger partial charge on any atom is 0.243 e. The molecule has 3 rings (SSSR count). The van der Waals surface area contributed by atoms with Crippen LogP contribution in [0.15, 0.2) is 48.5 Å². The SMILES string of the molecule is COc1ccc([C@@H]2SC[C@@H](C(=O)NCc3ccc(F)cc3)N2C(C)=O)cc1. The summed E-state index contributed by atoms with van der Waals surface area (Å²) in [5.41, 5.74) is 1.75. The van der Waals surface area contributed by atoms with Crippen molar-refractivity contribution in [3.05, 3.63) is 65.5 Å². The topological polar surface area (TPSA) is 58.6 Å². The summed E-state index contributed by atoms with van der Waals surface area (Å²) in [5.74, 6) is 0.582. The maximum atomic E-state index is 13.0. The summed E-state index contributed by atoms with van der Waals surface area (Å²) in [6, 6.07) is 12.9. The van der Waals surface area contributed by atoms with Crippen molar-refractivity contribution in [3.63, 3.8) is 0 Å². The smallest absolute Gasteiger partial charge is 0.243 e. The Kier molecular flexibility index (Phi) is 6.01. The van der Waals surface area contributed by atoms with Gasteiger partial charge in [-0.1, -0.05) is 24.3 Å². The second-order valence-corrected chi connectivity index (χ2v) is 7.36. The number of nitrogens with one attached hydrogen (secondary N) is 1. The van der Waals surface area contributed by atoms with E-state index in [4.69, 9.17) is 4.74 Å². The van der Waals surface area contributed by atoms with E-state index in [0.29, 0.717) is 12.3 Å². The predicted octanol–water partition coefficient (Wildman–Crippen LogP) is 3.11. The quantitative estimate of drug-likeness (QED) is 0.855. The van der Waals surface area contributed by atoms with Crippen LogP contribution in [0.4, 0.5) is 4.39 Å². The second-order valence-electron chi connectivity index (χ2n) is 6.25. The van der Waals surface area contributed by atoms with Gasteiger partial charge >= 0.3 is 0 Å². The number of amides is 2. The molecule has 0 saturated carbocycles.